The monoisotopic (exact) mass is 467 g/mol. The molecule has 6 heteroatoms. The van der Waals surface area contributed by atoms with Crippen LogP contribution in [-0.2, 0) is 17.8 Å². The Morgan fingerprint density at radius 2 is 1.88 bits per heavy atom. The van der Waals surface area contributed by atoms with Crippen LogP contribution in [0.5, 0.6) is 5.75 Å². The van der Waals surface area contributed by atoms with Gasteiger partial charge in [0, 0.05) is 20.0 Å². The molecule has 0 radical (unpaired) electrons. The van der Waals surface area contributed by atoms with Crippen LogP contribution in [0.25, 0.3) is 0 Å². The van der Waals surface area contributed by atoms with Crippen LogP contribution in [0.4, 0.5) is 0 Å². The van der Waals surface area contributed by atoms with Gasteiger partial charge in [-0.1, -0.05) is 48.5 Å². The molecule has 0 spiro atoms. The fourth-order valence-electron chi connectivity index (χ4n) is 2.80. The minimum absolute atomic E-state index is 0. The molecule has 1 unspecified atom stereocenters. The van der Waals surface area contributed by atoms with E-state index >= 15 is 0 Å². The first-order chi connectivity index (χ1) is 12.3. The maximum Gasteiger partial charge on any atom is 0.191 e. The number of benzene rings is 2. The normalized spacial score (nSPS) is 15.6. The van der Waals surface area contributed by atoms with E-state index in [-0.39, 0.29) is 30.1 Å². The second-order valence-corrected chi connectivity index (χ2v) is 5.97. The third-order valence-corrected chi connectivity index (χ3v) is 4.09. The lowest BCUT2D eigenvalue weighted by atomic mass is 10.1. The van der Waals surface area contributed by atoms with Crippen LogP contribution in [0, 0.1) is 0 Å². The minimum atomic E-state index is 0. The Hall–Kier alpha value is -1.80. The Morgan fingerprint density at radius 1 is 1.12 bits per heavy atom. The molecule has 0 saturated carbocycles. The van der Waals surface area contributed by atoms with Gasteiger partial charge in [0.2, 0.25) is 0 Å². The molecule has 2 N–H and O–H groups in total. The fourth-order valence-corrected chi connectivity index (χ4v) is 2.80. The van der Waals surface area contributed by atoms with Crippen molar-refractivity contribution in [3.8, 4) is 5.75 Å². The summed E-state index contributed by atoms with van der Waals surface area (Å²) in [5, 5.41) is 6.57. The maximum absolute atomic E-state index is 5.92. The molecule has 0 saturated heterocycles. The molecule has 26 heavy (non-hydrogen) atoms. The van der Waals surface area contributed by atoms with Gasteiger partial charge in [-0.2, -0.15) is 0 Å². The van der Waals surface area contributed by atoms with Crippen LogP contribution in [0.2, 0.25) is 0 Å². The molecule has 1 aliphatic heterocycles. The maximum atomic E-state index is 5.92. The summed E-state index contributed by atoms with van der Waals surface area (Å²) in [6.45, 7) is 2.68. The third kappa shape index (κ3) is 6.17. The number of para-hydroxylation sites is 1. The molecule has 2 aromatic rings. The van der Waals surface area contributed by atoms with Gasteiger partial charge in [0.15, 0.2) is 5.96 Å². The molecule has 1 atom stereocenters. The van der Waals surface area contributed by atoms with Gasteiger partial charge >= 0.3 is 0 Å². The van der Waals surface area contributed by atoms with E-state index < -0.39 is 0 Å². The lowest BCUT2D eigenvalue weighted by Crippen LogP contribution is -2.43. The van der Waals surface area contributed by atoms with Crippen molar-refractivity contribution < 1.29 is 9.47 Å². The van der Waals surface area contributed by atoms with E-state index in [1.54, 1.807) is 7.05 Å². The number of hydrogen-bond donors (Lipinski definition) is 2. The number of ether oxygens (including phenoxy) is 2. The van der Waals surface area contributed by atoms with Gasteiger partial charge in [0.05, 0.1) is 19.8 Å². The number of fused-ring (bicyclic) bond motifs is 1. The van der Waals surface area contributed by atoms with Gasteiger partial charge in [-0.3, -0.25) is 4.99 Å². The zero-order valence-corrected chi connectivity index (χ0v) is 17.3. The molecule has 5 nitrogen and oxygen atoms in total. The number of aliphatic imine (C=N–C) groups is 1. The molecule has 0 aromatic heterocycles. The average Bonchev–Trinajstić information content (AvgIpc) is 3.08. The zero-order chi connectivity index (χ0) is 17.3. The van der Waals surface area contributed by atoms with Gasteiger partial charge in [0.1, 0.15) is 11.9 Å². The number of rotatable bonds is 7. The van der Waals surface area contributed by atoms with Crippen LogP contribution in [-0.4, -0.2) is 38.8 Å². The van der Waals surface area contributed by atoms with Gasteiger partial charge in [0.25, 0.3) is 0 Å². The molecule has 1 heterocycles. The number of nitrogens with one attached hydrogen (secondary N) is 2. The van der Waals surface area contributed by atoms with Gasteiger partial charge in [-0.15, -0.1) is 24.0 Å². The summed E-state index contributed by atoms with van der Waals surface area (Å²) in [7, 11) is 1.77. The van der Waals surface area contributed by atoms with Crippen LogP contribution in [0.3, 0.4) is 0 Å². The Balaban J connectivity index is 0.00000243. The van der Waals surface area contributed by atoms with E-state index in [9.17, 15) is 0 Å². The van der Waals surface area contributed by atoms with E-state index in [2.05, 4.69) is 33.8 Å². The Morgan fingerprint density at radius 3 is 2.65 bits per heavy atom. The van der Waals surface area contributed by atoms with E-state index in [0.29, 0.717) is 19.8 Å². The lowest BCUT2D eigenvalue weighted by molar-refractivity contribution is 0.125. The van der Waals surface area contributed by atoms with Crippen molar-refractivity contribution in [2.24, 2.45) is 4.99 Å². The van der Waals surface area contributed by atoms with Crippen molar-refractivity contribution in [3.63, 3.8) is 0 Å². The molecule has 0 aliphatic carbocycles. The van der Waals surface area contributed by atoms with Crippen molar-refractivity contribution in [2.75, 3.05) is 26.7 Å². The molecule has 0 amide bonds. The molecule has 0 bridgehead atoms. The number of halogens is 1. The Bertz CT molecular complexity index is 669. The largest absolute Gasteiger partial charge is 0.488 e. The van der Waals surface area contributed by atoms with E-state index in [0.717, 1.165) is 24.7 Å². The Labute approximate surface area is 172 Å². The van der Waals surface area contributed by atoms with Gasteiger partial charge < -0.3 is 20.1 Å². The average molecular weight is 467 g/mol. The molecule has 0 fully saturated rings. The summed E-state index contributed by atoms with van der Waals surface area (Å²) >= 11 is 0. The summed E-state index contributed by atoms with van der Waals surface area (Å²) < 4.78 is 11.6. The van der Waals surface area contributed by atoms with Crippen LogP contribution >= 0.6 is 24.0 Å². The highest BCUT2D eigenvalue weighted by atomic mass is 127. The molecular weight excluding hydrogens is 441 g/mol. The number of nitrogens with zero attached hydrogens (tertiary/aromatic N) is 1. The highest BCUT2D eigenvalue weighted by Crippen LogP contribution is 2.27. The van der Waals surface area contributed by atoms with Crippen molar-refractivity contribution in [3.05, 3.63) is 65.7 Å². The molecule has 140 valence electrons. The summed E-state index contributed by atoms with van der Waals surface area (Å²) in [5.41, 5.74) is 2.45. The summed E-state index contributed by atoms with van der Waals surface area (Å²) in [4.78, 5) is 4.24. The van der Waals surface area contributed by atoms with E-state index in [4.69, 9.17) is 9.47 Å². The van der Waals surface area contributed by atoms with Crippen molar-refractivity contribution in [1.82, 2.24) is 10.6 Å². The molecule has 3 rings (SSSR count). The van der Waals surface area contributed by atoms with Crippen molar-refractivity contribution >= 4 is 29.9 Å². The SMILES string of the molecule is CN=C(NCCOCc1ccccc1)NCC1Cc2ccccc2O1.I. The smallest absolute Gasteiger partial charge is 0.191 e. The zero-order valence-electron chi connectivity index (χ0n) is 15.0. The highest BCUT2D eigenvalue weighted by molar-refractivity contribution is 14.0. The quantitative estimate of drug-likeness (QED) is 0.285. The van der Waals surface area contributed by atoms with E-state index in [1.807, 2.05) is 36.4 Å². The third-order valence-electron chi connectivity index (χ3n) is 4.09. The molecular formula is C20H26IN3O2. The highest BCUT2D eigenvalue weighted by Gasteiger charge is 2.22. The Kier molecular flexibility index (Phi) is 8.70. The van der Waals surface area contributed by atoms with Crippen molar-refractivity contribution in [2.45, 2.75) is 19.1 Å². The van der Waals surface area contributed by atoms with Crippen LogP contribution in [0.1, 0.15) is 11.1 Å². The first-order valence-corrected chi connectivity index (χ1v) is 8.66. The molecule has 2 aromatic carbocycles. The van der Waals surface area contributed by atoms with Crippen molar-refractivity contribution in [1.29, 1.82) is 0 Å². The first-order valence-electron chi connectivity index (χ1n) is 8.66. The lowest BCUT2D eigenvalue weighted by Gasteiger charge is -2.15. The summed E-state index contributed by atoms with van der Waals surface area (Å²) in [5.74, 6) is 1.76. The minimum Gasteiger partial charge on any atom is -0.488 e. The standard InChI is InChI=1S/C20H25N3O2.HI/c1-21-20(22-11-12-24-15-16-7-3-2-4-8-16)23-14-18-13-17-9-5-6-10-19(17)25-18;/h2-10,18H,11-15H2,1H3,(H2,21,22,23);1H. The second kappa shape index (κ2) is 11.0. The van der Waals surface area contributed by atoms with Crippen LogP contribution in [0.15, 0.2) is 59.6 Å². The second-order valence-electron chi connectivity index (χ2n) is 5.97. The van der Waals surface area contributed by atoms with Gasteiger partial charge in [-0.25, -0.2) is 0 Å². The first kappa shape index (κ1) is 20.5. The predicted octanol–water partition coefficient (Wildman–Crippen LogP) is 2.99. The predicted molar refractivity (Wildman–Crippen MR) is 115 cm³/mol. The summed E-state index contributed by atoms with van der Waals surface area (Å²) in [6.07, 6.45) is 1.07. The number of guanidine groups is 1. The van der Waals surface area contributed by atoms with Crippen LogP contribution < -0.4 is 15.4 Å². The van der Waals surface area contributed by atoms with Gasteiger partial charge in [-0.05, 0) is 17.2 Å². The number of hydrogen-bond acceptors (Lipinski definition) is 3. The summed E-state index contributed by atoms with van der Waals surface area (Å²) in [6, 6.07) is 18.4. The fraction of sp³-hybridized carbons (Fsp3) is 0.350. The topological polar surface area (TPSA) is 54.9 Å². The molecule has 1 aliphatic rings. The van der Waals surface area contributed by atoms with E-state index in [1.165, 1.54) is 11.1 Å².